The number of nitrogens with zero attached hydrogens (tertiary/aromatic N) is 1. The summed E-state index contributed by atoms with van der Waals surface area (Å²) < 4.78 is 5.10. The van der Waals surface area contributed by atoms with Gasteiger partial charge in [-0.2, -0.15) is 5.26 Å². The van der Waals surface area contributed by atoms with Crippen molar-refractivity contribution in [3.8, 4) is 11.8 Å². The topological polar surface area (TPSA) is 88.1 Å². The fourth-order valence-corrected chi connectivity index (χ4v) is 1.27. The molecule has 1 aromatic carbocycles. The van der Waals surface area contributed by atoms with E-state index in [2.05, 4.69) is 5.32 Å². The molecule has 5 nitrogen and oxygen atoms in total. The predicted octanol–water partition coefficient (Wildman–Crippen LogP) is 1.24. The van der Waals surface area contributed by atoms with Crippen molar-refractivity contribution in [2.45, 2.75) is 19.4 Å². The number of nitriles is 1. The normalized spacial score (nSPS) is 11.4. The first-order valence-corrected chi connectivity index (χ1v) is 5.27. The van der Waals surface area contributed by atoms with Crippen molar-refractivity contribution in [3.63, 3.8) is 0 Å². The van der Waals surface area contributed by atoms with Gasteiger partial charge in [0.05, 0.1) is 30.5 Å². The summed E-state index contributed by atoms with van der Waals surface area (Å²) in [4.78, 5) is 11.6. The molecule has 1 rings (SSSR count). The van der Waals surface area contributed by atoms with Crippen LogP contribution in [0.25, 0.3) is 0 Å². The molecule has 17 heavy (non-hydrogen) atoms. The van der Waals surface area contributed by atoms with Crippen LogP contribution in [-0.2, 0) is 4.79 Å². The number of nitrogens with two attached hydrogens (primary N) is 1. The molecule has 1 aromatic rings. The minimum absolute atomic E-state index is 0.268. The summed E-state index contributed by atoms with van der Waals surface area (Å²) in [6, 6.07) is 6.24. The van der Waals surface area contributed by atoms with Gasteiger partial charge in [0.1, 0.15) is 5.75 Å². The second-order valence-corrected chi connectivity index (χ2v) is 3.53. The number of rotatable bonds is 4. The molecule has 0 heterocycles. The van der Waals surface area contributed by atoms with Crippen molar-refractivity contribution in [2.24, 2.45) is 5.73 Å². The van der Waals surface area contributed by atoms with Crippen molar-refractivity contribution in [1.82, 2.24) is 0 Å². The number of ether oxygens (including phenoxy) is 1. The Labute approximate surface area is 100 Å². The molecule has 0 aliphatic heterocycles. The molecule has 1 amide bonds. The predicted molar refractivity (Wildman–Crippen MR) is 64.6 cm³/mol. The molecular formula is C12H15N3O2. The maximum Gasteiger partial charge on any atom is 0.241 e. The standard InChI is InChI=1S/C12H15N3O2/c1-3-9(14)12(16)15-10-5-4-8(7-13)6-11(10)17-2/h4-6,9H,3,14H2,1-2H3,(H,15,16)/t9-/m1/s1. The van der Waals surface area contributed by atoms with E-state index in [1.54, 1.807) is 18.2 Å². The SMILES string of the molecule is CC[C@@H](N)C(=O)Nc1ccc(C#N)cc1OC. The lowest BCUT2D eigenvalue weighted by Crippen LogP contribution is -2.34. The molecule has 0 saturated heterocycles. The summed E-state index contributed by atoms with van der Waals surface area (Å²) in [5, 5.41) is 11.4. The highest BCUT2D eigenvalue weighted by Crippen LogP contribution is 2.25. The fourth-order valence-electron chi connectivity index (χ4n) is 1.27. The number of amides is 1. The smallest absolute Gasteiger partial charge is 0.241 e. The van der Waals surface area contributed by atoms with E-state index in [0.29, 0.717) is 23.4 Å². The lowest BCUT2D eigenvalue weighted by atomic mass is 10.2. The van der Waals surface area contributed by atoms with Gasteiger partial charge in [0.15, 0.2) is 0 Å². The Morgan fingerprint density at radius 3 is 2.88 bits per heavy atom. The molecule has 0 aliphatic carbocycles. The van der Waals surface area contributed by atoms with Gasteiger partial charge in [-0.25, -0.2) is 0 Å². The molecule has 0 spiro atoms. The molecule has 0 aliphatic rings. The quantitative estimate of drug-likeness (QED) is 0.819. The molecule has 0 unspecified atom stereocenters. The summed E-state index contributed by atoms with van der Waals surface area (Å²) in [6.07, 6.45) is 0.560. The molecule has 90 valence electrons. The summed E-state index contributed by atoms with van der Waals surface area (Å²) >= 11 is 0. The first-order valence-electron chi connectivity index (χ1n) is 5.27. The van der Waals surface area contributed by atoms with E-state index < -0.39 is 6.04 Å². The zero-order chi connectivity index (χ0) is 12.8. The summed E-state index contributed by atoms with van der Waals surface area (Å²) in [5.74, 6) is 0.177. The number of hydrogen-bond donors (Lipinski definition) is 2. The lowest BCUT2D eigenvalue weighted by molar-refractivity contribution is -0.117. The third-order valence-corrected chi connectivity index (χ3v) is 2.37. The molecule has 0 saturated carbocycles. The van der Waals surface area contributed by atoms with Gasteiger partial charge in [-0.3, -0.25) is 4.79 Å². The van der Waals surface area contributed by atoms with Gasteiger partial charge in [-0.05, 0) is 18.6 Å². The van der Waals surface area contributed by atoms with Gasteiger partial charge in [0, 0.05) is 6.07 Å². The van der Waals surface area contributed by atoms with Crippen LogP contribution in [0.3, 0.4) is 0 Å². The second kappa shape index (κ2) is 5.87. The number of benzene rings is 1. The zero-order valence-electron chi connectivity index (χ0n) is 9.86. The van der Waals surface area contributed by atoms with Gasteiger partial charge in [-0.15, -0.1) is 0 Å². The highest BCUT2D eigenvalue weighted by molar-refractivity contribution is 5.95. The minimum Gasteiger partial charge on any atom is -0.495 e. The van der Waals surface area contributed by atoms with E-state index in [0.717, 1.165) is 0 Å². The zero-order valence-corrected chi connectivity index (χ0v) is 9.86. The van der Waals surface area contributed by atoms with E-state index in [1.807, 2.05) is 13.0 Å². The highest BCUT2D eigenvalue weighted by atomic mass is 16.5. The van der Waals surface area contributed by atoms with Gasteiger partial charge in [0.25, 0.3) is 0 Å². The number of carbonyl (C=O) groups excluding carboxylic acids is 1. The van der Waals surface area contributed by atoms with Crippen LogP contribution >= 0.6 is 0 Å². The number of methoxy groups -OCH3 is 1. The molecule has 0 aromatic heterocycles. The van der Waals surface area contributed by atoms with E-state index >= 15 is 0 Å². The Kier molecular flexibility index (Phi) is 4.49. The Morgan fingerprint density at radius 2 is 2.35 bits per heavy atom. The Bertz CT molecular complexity index is 452. The van der Waals surface area contributed by atoms with Crippen LogP contribution in [0.2, 0.25) is 0 Å². The van der Waals surface area contributed by atoms with Gasteiger partial charge in [0.2, 0.25) is 5.91 Å². The molecule has 0 radical (unpaired) electrons. The summed E-state index contributed by atoms with van der Waals surface area (Å²) in [7, 11) is 1.48. The average molecular weight is 233 g/mol. The maximum atomic E-state index is 11.6. The lowest BCUT2D eigenvalue weighted by Gasteiger charge is -2.13. The van der Waals surface area contributed by atoms with Gasteiger partial charge < -0.3 is 15.8 Å². The second-order valence-electron chi connectivity index (χ2n) is 3.53. The first-order chi connectivity index (χ1) is 8.12. The third kappa shape index (κ3) is 3.20. The molecule has 1 atom stereocenters. The molecule has 0 bridgehead atoms. The van der Waals surface area contributed by atoms with Crippen LogP contribution in [0.1, 0.15) is 18.9 Å². The molecule has 0 fully saturated rings. The van der Waals surface area contributed by atoms with Crippen LogP contribution in [0.15, 0.2) is 18.2 Å². The van der Waals surface area contributed by atoms with Crippen LogP contribution in [0.5, 0.6) is 5.75 Å². The number of anilines is 1. The monoisotopic (exact) mass is 233 g/mol. The van der Waals surface area contributed by atoms with E-state index in [4.69, 9.17) is 15.7 Å². The van der Waals surface area contributed by atoms with E-state index in [1.165, 1.54) is 7.11 Å². The minimum atomic E-state index is -0.546. The van der Waals surface area contributed by atoms with Gasteiger partial charge in [-0.1, -0.05) is 6.92 Å². The van der Waals surface area contributed by atoms with Crippen LogP contribution in [0, 0.1) is 11.3 Å². The molecular weight excluding hydrogens is 218 g/mol. The van der Waals surface area contributed by atoms with E-state index in [9.17, 15) is 4.79 Å². The summed E-state index contributed by atoms with van der Waals surface area (Å²) in [6.45, 7) is 1.83. The number of carbonyl (C=O) groups is 1. The largest absolute Gasteiger partial charge is 0.495 e. The average Bonchev–Trinajstić information content (AvgIpc) is 2.37. The Morgan fingerprint density at radius 1 is 1.65 bits per heavy atom. The van der Waals surface area contributed by atoms with Crippen LogP contribution < -0.4 is 15.8 Å². The van der Waals surface area contributed by atoms with Crippen molar-refractivity contribution in [2.75, 3.05) is 12.4 Å². The number of nitrogens with one attached hydrogen (secondary N) is 1. The summed E-state index contributed by atoms with van der Waals surface area (Å²) in [5.41, 5.74) is 6.59. The highest BCUT2D eigenvalue weighted by Gasteiger charge is 2.13. The van der Waals surface area contributed by atoms with Crippen LogP contribution in [-0.4, -0.2) is 19.1 Å². The van der Waals surface area contributed by atoms with Crippen molar-refractivity contribution >= 4 is 11.6 Å². The Hall–Kier alpha value is -2.06. The third-order valence-electron chi connectivity index (χ3n) is 2.37. The maximum absolute atomic E-state index is 11.6. The van der Waals surface area contributed by atoms with Crippen molar-refractivity contribution in [1.29, 1.82) is 5.26 Å². The van der Waals surface area contributed by atoms with Crippen LogP contribution in [0.4, 0.5) is 5.69 Å². The number of hydrogen-bond acceptors (Lipinski definition) is 4. The van der Waals surface area contributed by atoms with E-state index in [-0.39, 0.29) is 5.91 Å². The first kappa shape index (κ1) is 13.0. The molecule has 5 heteroatoms. The van der Waals surface area contributed by atoms with Crippen molar-refractivity contribution in [3.05, 3.63) is 23.8 Å². The Balaban J connectivity index is 2.92. The molecule has 3 N–H and O–H groups in total. The van der Waals surface area contributed by atoms with Gasteiger partial charge >= 0.3 is 0 Å². The fraction of sp³-hybridized carbons (Fsp3) is 0.333. The van der Waals surface area contributed by atoms with Crippen molar-refractivity contribution < 1.29 is 9.53 Å².